The molecule has 1 aliphatic rings. The minimum Gasteiger partial charge on any atom is -0.358 e. The number of allylic oxidation sites excluding steroid dienone is 4. The van der Waals surface area contributed by atoms with E-state index < -0.39 is 0 Å². The molecule has 0 amide bonds. The van der Waals surface area contributed by atoms with Crippen LogP contribution in [-0.4, -0.2) is 4.82 Å². The Morgan fingerprint density at radius 3 is 1.48 bits per heavy atom. The van der Waals surface area contributed by atoms with Crippen molar-refractivity contribution in [3.8, 4) is 0 Å². The second kappa shape index (κ2) is 70.9. The van der Waals surface area contributed by atoms with Gasteiger partial charge in [0, 0.05) is 0 Å². The van der Waals surface area contributed by atoms with Gasteiger partial charge in [-0.1, -0.05) is 0 Å². The van der Waals surface area contributed by atoms with Gasteiger partial charge in [-0.15, -0.1) is 31.2 Å². The van der Waals surface area contributed by atoms with E-state index in [-0.39, 0.29) is 76.8 Å². The Morgan fingerprint density at radius 1 is 0.905 bits per heavy atom. The van der Waals surface area contributed by atoms with E-state index in [0.717, 1.165) is 14.6 Å². The Bertz CT molecular complexity index is 195. The third kappa shape index (κ3) is 63.8. The van der Waals surface area contributed by atoms with Crippen molar-refractivity contribution < 1.29 is 20.0 Å². The Labute approximate surface area is 163 Å². The summed E-state index contributed by atoms with van der Waals surface area (Å²) in [7, 11) is 0.823. The normalized spacial score (nSPS) is 6.62. The Hall–Kier alpha value is 0.424. The van der Waals surface area contributed by atoms with Gasteiger partial charge >= 0.3 is 24.8 Å². The molecule has 1 aromatic rings. The van der Waals surface area contributed by atoms with E-state index in [0.29, 0.717) is 0 Å². The molecule has 0 saturated heterocycles. The van der Waals surface area contributed by atoms with Crippen LogP contribution in [0.3, 0.4) is 0 Å². The molecule has 2 rings (SSSR count). The van der Waals surface area contributed by atoms with Gasteiger partial charge in [0.2, 0.25) is 0 Å². The van der Waals surface area contributed by atoms with Crippen LogP contribution in [0.5, 0.6) is 0 Å². The van der Waals surface area contributed by atoms with E-state index in [1.54, 1.807) is 20.0 Å². The smallest absolute Gasteiger partial charge is 0.163 e. The first-order valence-electron chi connectivity index (χ1n) is 3.56. The van der Waals surface area contributed by atoms with Crippen LogP contribution in [0.1, 0.15) is 6.42 Å². The monoisotopic (exact) mass is 387 g/mol. The van der Waals surface area contributed by atoms with E-state index in [1.165, 1.54) is 0 Å². The third-order valence-corrected chi connectivity index (χ3v) is 1.72. The molecule has 0 fully saturated rings. The summed E-state index contributed by atoms with van der Waals surface area (Å²) in [6, 6.07) is 3.96. The molecule has 1 aliphatic carbocycles. The minimum absolute atomic E-state index is 0. The Morgan fingerprint density at radius 2 is 1.38 bits per heavy atom. The van der Waals surface area contributed by atoms with Crippen molar-refractivity contribution in [3.05, 3.63) is 100 Å². The summed E-state index contributed by atoms with van der Waals surface area (Å²) in [4.78, 5) is 3.25. The predicted octanol–water partition coefficient (Wildman–Crippen LogP) is 6.78. The largest absolute Gasteiger partial charge is 0.358 e. The van der Waals surface area contributed by atoms with Gasteiger partial charge in [0.05, 0.1) is 0 Å². The summed E-state index contributed by atoms with van der Waals surface area (Å²) in [6.45, 7) is 0. The second-order valence-electron chi connectivity index (χ2n) is 1.82. The van der Waals surface area contributed by atoms with Gasteiger partial charge in [0.25, 0.3) is 0 Å². The van der Waals surface area contributed by atoms with Crippen LogP contribution in [0.25, 0.3) is 0 Å². The summed E-state index contributed by atoms with van der Waals surface area (Å²) >= 11 is 1.75. The molecule has 134 valence electrons. The van der Waals surface area contributed by atoms with Gasteiger partial charge in [-0.05, 0) is 0 Å². The Balaban J connectivity index is -0.00000000932. The van der Waals surface area contributed by atoms with Crippen molar-refractivity contribution in [2.75, 3.05) is 0 Å². The summed E-state index contributed by atoms with van der Waals surface area (Å²) in [5.41, 5.74) is 0. The number of hydrogen-bond donors (Lipinski definition) is 0. The number of rotatable bonds is 0. The van der Waals surface area contributed by atoms with Gasteiger partial charge in [-0.3, -0.25) is 14.3 Å². The maximum atomic E-state index is 3.25. The first kappa shape index (κ1) is 68.5. The minimum atomic E-state index is 0. The van der Waals surface area contributed by atoms with E-state index in [1.807, 2.05) is 24.3 Å². The third-order valence-electron chi connectivity index (χ3n) is 1.03. The molecule has 1 heterocycles. The zero-order valence-corrected chi connectivity index (χ0v) is 18.9. The van der Waals surface area contributed by atoms with Crippen molar-refractivity contribution in [2.45, 2.75) is 6.42 Å². The van der Waals surface area contributed by atoms with Crippen molar-refractivity contribution in [1.29, 1.82) is 0 Å². The van der Waals surface area contributed by atoms with Gasteiger partial charge in [-0.25, -0.2) is 18.2 Å². The number of hydrogen-bond acceptors (Lipinski definition) is 0. The zero-order valence-electron chi connectivity index (χ0n) is 14.7. The second-order valence-corrected chi connectivity index (χ2v) is 2.73. The maximum Gasteiger partial charge on any atom is -0.163 e. The molecule has 0 bridgehead atoms. The molecule has 0 aromatic carbocycles. The topological polar surface area (TPSA) is 0 Å². The fourth-order valence-electron chi connectivity index (χ4n) is 0.581. The van der Waals surface area contributed by atoms with E-state index in [2.05, 4.69) is 28.6 Å². The standard InChI is InChI=1S/C5H5.C4H4P.7CH3.CH2.2ClH.Ti/c2*1-2-4-5-3-1;;;;;;;;;;;/h1-3H,4H2;1-3,5H;7*1H3;1H2;2*1H;/q9*-1;;;;. The summed E-state index contributed by atoms with van der Waals surface area (Å²) < 4.78 is 0. The molecule has 0 saturated carbocycles. The fourth-order valence-corrected chi connectivity index (χ4v) is 1.06. The van der Waals surface area contributed by atoms with Crippen molar-refractivity contribution in [1.82, 2.24) is 0 Å². The van der Waals surface area contributed by atoms with E-state index in [9.17, 15) is 0 Å². The summed E-state index contributed by atoms with van der Waals surface area (Å²) in [5, 5.41) is 0. The Kier molecular flexibility index (Phi) is 231. The molecule has 4 heteroatoms. The molecule has 0 aliphatic heterocycles. The number of halogens is 2. The fraction of sp³-hybridized carbons (Fsp3) is 0.0588. The van der Waals surface area contributed by atoms with Crippen LogP contribution in [0.4, 0.5) is 0 Å². The quantitative estimate of drug-likeness (QED) is 0.339. The molecule has 1 aromatic heterocycles. The van der Waals surface area contributed by atoms with Crippen molar-refractivity contribution >= 4 is 37.8 Å². The van der Waals surface area contributed by atoms with Crippen LogP contribution in [-0.2, 0) is 20.0 Å². The summed E-state index contributed by atoms with van der Waals surface area (Å²) in [5.74, 6) is 5.11. The first-order valence-corrected chi connectivity index (χ1v) is 5.75. The average Bonchev–Trinajstić information content (AvgIpc) is 2.87. The summed E-state index contributed by atoms with van der Waals surface area (Å²) in [6.07, 6.45) is 10.0. The molecule has 0 N–H and O–H groups in total. The van der Waals surface area contributed by atoms with Gasteiger partial charge in [0.15, 0.2) is 0 Å². The molecule has 0 radical (unpaired) electrons. The predicted molar refractivity (Wildman–Crippen MR) is 113 cm³/mol. The molecular weight excluding hydrogens is 354 g/mol. The molecule has 0 spiro atoms. The maximum absolute atomic E-state index is 3.25. The van der Waals surface area contributed by atoms with E-state index in [4.69, 9.17) is 0 Å². The molecule has 21 heavy (non-hydrogen) atoms. The molecule has 1 atom stereocenters. The van der Waals surface area contributed by atoms with Gasteiger partial charge in [0.1, 0.15) is 0 Å². The molecule has 1 unspecified atom stereocenters. The first-order chi connectivity index (χ1) is 6.00. The van der Waals surface area contributed by atoms with Gasteiger partial charge < -0.3 is 52.0 Å². The van der Waals surface area contributed by atoms with Crippen LogP contribution >= 0.6 is 33.0 Å². The van der Waals surface area contributed by atoms with E-state index >= 15 is 0 Å². The van der Waals surface area contributed by atoms with Crippen molar-refractivity contribution in [2.24, 2.45) is 0 Å². The molecule has 0 nitrogen and oxygen atoms in total. The van der Waals surface area contributed by atoms with Crippen LogP contribution in [0.15, 0.2) is 36.2 Å². The molecular formula is C17H34Cl2PTi-9. The van der Waals surface area contributed by atoms with Gasteiger partial charge in [-0.2, -0.15) is 23.7 Å². The average molecular weight is 388 g/mol. The van der Waals surface area contributed by atoms with Crippen LogP contribution in [0.2, 0.25) is 0 Å². The van der Waals surface area contributed by atoms with Crippen LogP contribution in [0, 0.1) is 63.9 Å². The SMILES string of the molecule is Cl.Cl.[C-]1=CC=CC1.[CH2]=[Ti].[CH3-].[CH3-].[CH3-].[CH3-].[CH3-].[CH3-].[CH3-].[c-]1ccc[pH]1. The van der Waals surface area contributed by atoms with Crippen molar-refractivity contribution in [3.63, 3.8) is 0 Å². The van der Waals surface area contributed by atoms with Crippen LogP contribution < -0.4 is 0 Å². The zero-order chi connectivity index (χ0) is 9.07.